The molecule has 0 heterocycles. The van der Waals surface area contributed by atoms with Crippen LogP contribution >= 0.6 is 0 Å². The largest absolute Gasteiger partial charge is 0.452 e. The van der Waals surface area contributed by atoms with Crippen LogP contribution in [0.3, 0.4) is 0 Å². The maximum atomic E-state index is 12.0. The topological polar surface area (TPSA) is 81.4 Å². The first-order chi connectivity index (χ1) is 10.9. The normalized spacial score (nSPS) is 24.0. The summed E-state index contributed by atoms with van der Waals surface area (Å²) in [5.74, 6) is 0.272. The van der Waals surface area contributed by atoms with Crippen LogP contribution in [0.4, 0.5) is 5.69 Å². The molecule has 126 valence electrons. The summed E-state index contributed by atoms with van der Waals surface area (Å²) in [4.78, 5) is 24.0. The van der Waals surface area contributed by atoms with Gasteiger partial charge in [-0.15, -0.1) is 0 Å². The van der Waals surface area contributed by atoms with E-state index in [4.69, 9.17) is 10.5 Å². The molecule has 1 fully saturated rings. The van der Waals surface area contributed by atoms with Crippen LogP contribution in [-0.2, 0) is 9.53 Å². The molecule has 0 unspecified atom stereocenters. The van der Waals surface area contributed by atoms with Crippen LogP contribution in [0.1, 0.15) is 49.0 Å². The zero-order valence-electron chi connectivity index (χ0n) is 14.1. The van der Waals surface area contributed by atoms with Gasteiger partial charge in [-0.2, -0.15) is 0 Å². The lowest BCUT2D eigenvalue weighted by Crippen LogP contribution is -2.45. The molecule has 5 heteroatoms. The summed E-state index contributed by atoms with van der Waals surface area (Å²) in [5, 5.41) is 2.99. The average Bonchev–Trinajstić information content (AvgIpc) is 2.52. The van der Waals surface area contributed by atoms with Gasteiger partial charge in [-0.1, -0.05) is 32.8 Å². The monoisotopic (exact) mass is 318 g/mol. The number of anilines is 1. The SMILES string of the molecule is Cc1ccc(C(=O)OCC(=O)N[C@@H]2CCC[C@H](C)[C@@H]2C)cc1N. The van der Waals surface area contributed by atoms with Gasteiger partial charge in [0, 0.05) is 11.7 Å². The van der Waals surface area contributed by atoms with Gasteiger partial charge in [0.1, 0.15) is 0 Å². The van der Waals surface area contributed by atoms with E-state index in [1.807, 2.05) is 6.92 Å². The third kappa shape index (κ3) is 4.47. The molecule has 0 bridgehead atoms. The predicted octanol–water partition coefficient (Wildman–Crippen LogP) is 2.67. The van der Waals surface area contributed by atoms with Crippen LogP contribution < -0.4 is 11.1 Å². The summed E-state index contributed by atoms with van der Waals surface area (Å²) >= 11 is 0. The molecular formula is C18H26N2O3. The summed E-state index contributed by atoms with van der Waals surface area (Å²) in [5.41, 5.74) is 7.58. The molecule has 2 rings (SSSR count). The fourth-order valence-corrected chi connectivity index (χ4v) is 3.02. The van der Waals surface area contributed by atoms with Crippen LogP contribution in [0.25, 0.3) is 0 Å². The Balaban J connectivity index is 1.84. The minimum Gasteiger partial charge on any atom is -0.452 e. The van der Waals surface area contributed by atoms with Gasteiger partial charge in [0.05, 0.1) is 5.56 Å². The van der Waals surface area contributed by atoms with Crippen LogP contribution in [-0.4, -0.2) is 24.5 Å². The number of rotatable bonds is 4. The number of benzene rings is 1. The van der Waals surface area contributed by atoms with Gasteiger partial charge in [-0.05, 0) is 42.9 Å². The number of carbonyl (C=O) groups excluding carboxylic acids is 2. The Bertz CT molecular complexity index is 586. The van der Waals surface area contributed by atoms with Crippen molar-refractivity contribution in [2.45, 2.75) is 46.1 Å². The van der Waals surface area contributed by atoms with Gasteiger partial charge in [0.2, 0.25) is 0 Å². The maximum Gasteiger partial charge on any atom is 0.338 e. The van der Waals surface area contributed by atoms with Crippen molar-refractivity contribution in [2.24, 2.45) is 11.8 Å². The lowest BCUT2D eigenvalue weighted by molar-refractivity contribution is -0.125. The van der Waals surface area contributed by atoms with Crippen LogP contribution in [0.2, 0.25) is 0 Å². The number of hydrogen-bond donors (Lipinski definition) is 2. The number of carbonyl (C=O) groups is 2. The average molecular weight is 318 g/mol. The van der Waals surface area contributed by atoms with Crippen LogP contribution in [0, 0.1) is 18.8 Å². The summed E-state index contributed by atoms with van der Waals surface area (Å²) in [6.45, 7) is 5.98. The third-order valence-electron chi connectivity index (χ3n) is 4.90. The van der Waals surface area contributed by atoms with E-state index in [-0.39, 0.29) is 18.6 Å². The number of hydrogen-bond acceptors (Lipinski definition) is 4. The Labute approximate surface area is 137 Å². The number of aryl methyl sites for hydroxylation is 1. The highest BCUT2D eigenvalue weighted by Gasteiger charge is 2.28. The van der Waals surface area contributed by atoms with Gasteiger partial charge in [0.15, 0.2) is 6.61 Å². The zero-order chi connectivity index (χ0) is 17.0. The molecule has 1 amide bonds. The molecule has 0 aliphatic heterocycles. The number of nitrogens with one attached hydrogen (secondary N) is 1. The smallest absolute Gasteiger partial charge is 0.338 e. The number of nitrogens with two attached hydrogens (primary N) is 1. The number of ether oxygens (including phenoxy) is 1. The van der Waals surface area contributed by atoms with Gasteiger partial charge >= 0.3 is 5.97 Å². The first-order valence-electron chi connectivity index (χ1n) is 8.21. The van der Waals surface area contributed by atoms with Crippen molar-refractivity contribution < 1.29 is 14.3 Å². The van der Waals surface area contributed by atoms with Crippen molar-refractivity contribution in [3.63, 3.8) is 0 Å². The molecule has 3 atom stereocenters. The number of amides is 1. The fraction of sp³-hybridized carbons (Fsp3) is 0.556. The molecule has 0 radical (unpaired) electrons. The molecule has 0 saturated heterocycles. The Kier molecular flexibility index (Phi) is 5.64. The van der Waals surface area contributed by atoms with Crippen molar-refractivity contribution in [3.05, 3.63) is 29.3 Å². The van der Waals surface area contributed by atoms with Gasteiger partial charge in [-0.3, -0.25) is 4.79 Å². The minimum absolute atomic E-state index is 0.167. The van der Waals surface area contributed by atoms with E-state index in [0.29, 0.717) is 23.1 Å². The van der Waals surface area contributed by atoms with Crippen molar-refractivity contribution >= 4 is 17.6 Å². The van der Waals surface area contributed by atoms with Crippen molar-refractivity contribution in [2.75, 3.05) is 12.3 Å². The van der Waals surface area contributed by atoms with Gasteiger partial charge < -0.3 is 15.8 Å². The quantitative estimate of drug-likeness (QED) is 0.660. The van der Waals surface area contributed by atoms with Crippen molar-refractivity contribution in [1.29, 1.82) is 0 Å². The number of esters is 1. The molecule has 0 spiro atoms. The van der Waals surface area contributed by atoms with E-state index in [1.165, 1.54) is 6.42 Å². The van der Waals surface area contributed by atoms with E-state index in [0.717, 1.165) is 18.4 Å². The number of nitrogen functional groups attached to an aromatic ring is 1. The van der Waals surface area contributed by atoms with Gasteiger partial charge in [-0.25, -0.2) is 4.79 Å². The van der Waals surface area contributed by atoms with E-state index < -0.39 is 5.97 Å². The predicted molar refractivity (Wildman–Crippen MR) is 90.0 cm³/mol. The molecule has 3 N–H and O–H groups in total. The second-order valence-electron chi connectivity index (χ2n) is 6.59. The van der Waals surface area contributed by atoms with Crippen LogP contribution in [0.15, 0.2) is 18.2 Å². The van der Waals surface area contributed by atoms with E-state index in [2.05, 4.69) is 19.2 Å². The summed E-state index contributed by atoms with van der Waals surface area (Å²) in [6, 6.07) is 5.15. The first kappa shape index (κ1) is 17.3. The summed E-state index contributed by atoms with van der Waals surface area (Å²) < 4.78 is 5.08. The Morgan fingerprint density at radius 3 is 2.74 bits per heavy atom. The molecule has 1 aromatic rings. The van der Waals surface area contributed by atoms with Crippen LogP contribution in [0.5, 0.6) is 0 Å². The molecule has 1 saturated carbocycles. The standard InChI is InChI=1S/C18H26N2O3/c1-11-5-4-6-16(13(11)3)20-17(21)10-23-18(22)14-8-7-12(2)15(19)9-14/h7-9,11,13,16H,4-6,10,19H2,1-3H3,(H,20,21)/t11-,13-,16+/m0/s1. The third-order valence-corrected chi connectivity index (χ3v) is 4.90. The van der Waals surface area contributed by atoms with Crippen molar-refractivity contribution in [1.82, 2.24) is 5.32 Å². The highest BCUT2D eigenvalue weighted by atomic mass is 16.5. The minimum atomic E-state index is -0.531. The lowest BCUT2D eigenvalue weighted by atomic mass is 9.78. The molecule has 5 nitrogen and oxygen atoms in total. The maximum absolute atomic E-state index is 12.0. The Morgan fingerprint density at radius 1 is 1.30 bits per heavy atom. The highest BCUT2D eigenvalue weighted by Crippen LogP contribution is 2.29. The van der Waals surface area contributed by atoms with Gasteiger partial charge in [0.25, 0.3) is 5.91 Å². The molecule has 1 aromatic carbocycles. The zero-order valence-corrected chi connectivity index (χ0v) is 14.1. The Hall–Kier alpha value is -2.04. The van der Waals surface area contributed by atoms with E-state index >= 15 is 0 Å². The van der Waals surface area contributed by atoms with E-state index in [1.54, 1.807) is 18.2 Å². The molecular weight excluding hydrogens is 292 g/mol. The fourth-order valence-electron chi connectivity index (χ4n) is 3.02. The molecule has 1 aliphatic carbocycles. The van der Waals surface area contributed by atoms with Crippen molar-refractivity contribution in [3.8, 4) is 0 Å². The Morgan fingerprint density at radius 2 is 2.04 bits per heavy atom. The summed E-state index contributed by atoms with van der Waals surface area (Å²) in [7, 11) is 0. The molecule has 0 aromatic heterocycles. The van der Waals surface area contributed by atoms with E-state index in [9.17, 15) is 9.59 Å². The summed E-state index contributed by atoms with van der Waals surface area (Å²) in [6.07, 6.45) is 3.32. The molecule has 23 heavy (non-hydrogen) atoms. The lowest BCUT2D eigenvalue weighted by Gasteiger charge is -2.34. The first-order valence-corrected chi connectivity index (χ1v) is 8.21. The second-order valence-corrected chi connectivity index (χ2v) is 6.59. The second kappa shape index (κ2) is 7.49. The highest BCUT2D eigenvalue weighted by molar-refractivity contribution is 5.92. The molecule has 1 aliphatic rings.